The quantitative estimate of drug-likeness (QED) is 0.187. The van der Waals surface area contributed by atoms with Crippen LogP contribution >= 0.6 is 0 Å². The van der Waals surface area contributed by atoms with Crippen molar-refractivity contribution in [3.63, 3.8) is 0 Å². The molecule has 0 radical (unpaired) electrons. The molecule has 0 spiro atoms. The highest BCUT2D eigenvalue weighted by Crippen LogP contribution is 2.16. The molecule has 0 aliphatic carbocycles. The van der Waals surface area contributed by atoms with Crippen LogP contribution in [0.4, 0.5) is 0 Å². The molecular formula is C25H46NO4S+. The molecule has 0 bridgehead atoms. The third-order valence-electron chi connectivity index (χ3n) is 5.51. The smallest absolute Gasteiger partial charge is 0.338 e. The third-order valence-corrected chi connectivity index (χ3v) is 6.19. The molecule has 1 atom stereocenters. The van der Waals surface area contributed by atoms with E-state index in [4.69, 9.17) is 9.29 Å². The molecule has 6 heteroatoms. The Morgan fingerprint density at radius 2 is 1.19 bits per heavy atom. The summed E-state index contributed by atoms with van der Waals surface area (Å²) < 4.78 is 25.5. The summed E-state index contributed by atoms with van der Waals surface area (Å²) in [7, 11) is 0. The van der Waals surface area contributed by atoms with Crippen LogP contribution in [0.5, 0.6) is 0 Å². The number of hydrogen-bond acceptors (Lipinski definition) is 3. The van der Waals surface area contributed by atoms with Gasteiger partial charge in [-0.25, -0.2) is 9.00 Å². The van der Waals surface area contributed by atoms with E-state index in [1.165, 1.54) is 106 Å². The van der Waals surface area contributed by atoms with Crippen molar-refractivity contribution in [2.45, 2.75) is 90.9 Å². The standard InChI is InChI=1S/C16H36N.C9H10O4S/c1-5-9-13-17(14-10-6-2,15-11-7-3)16-12-8-4;1-2-13-9(10)7-3-5-8(6-4-7)14(11)12/h5-16H2,1-4H3;3-6H,2H2,1H3,(H,11,12)/q+1;. The van der Waals surface area contributed by atoms with Crippen molar-refractivity contribution in [3.05, 3.63) is 29.8 Å². The highest BCUT2D eigenvalue weighted by molar-refractivity contribution is 7.79. The van der Waals surface area contributed by atoms with Crippen molar-refractivity contribution in [2.75, 3.05) is 32.8 Å². The molecule has 31 heavy (non-hydrogen) atoms. The van der Waals surface area contributed by atoms with Crippen LogP contribution in [0, 0.1) is 0 Å². The minimum absolute atomic E-state index is 0.262. The van der Waals surface area contributed by atoms with Crippen molar-refractivity contribution < 1.29 is 22.8 Å². The lowest BCUT2D eigenvalue weighted by molar-refractivity contribution is -0.929. The van der Waals surface area contributed by atoms with Gasteiger partial charge in [-0.15, -0.1) is 0 Å². The van der Waals surface area contributed by atoms with Gasteiger partial charge in [-0.2, -0.15) is 0 Å². The monoisotopic (exact) mass is 456 g/mol. The summed E-state index contributed by atoms with van der Waals surface area (Å²) in [6, 6.07) is 5.76. The Kier molecular flexibility index (Phi) is 17.6. The summed E-state index contributed by atoms with van der Waals surface area (Å²) in [6.45, 7) is 17.0. The minimum atomic E-state index is -2.01. The number of rotatable bonds is 15. The first-order valence-corrected chi connectivity index (χ1v) is 13.2. The summed E-state index contributed by atoms with van der Waals surface area (Å²) in [5.41, 5.74) is 0.376. The second-order valence-corrected chi connectivity index (χ2v) is 9.11. The highest BCUT2D eigenvalue weighted by atomic mass is 32.2. The van der Waals surface area contributed by atoms with Gasteiger partial charge in [0.2, 0.25) is 0 Å². The molecule has 0 aliphatic rings. The summed E-state index contributed by atoms with van der Waals surface area (Å²) in [5.74, 6) is -0.428. The molecule has 0 amide bonds. The number of carbonyl (C=O) groups excluding carboxylic acids is 1. The Balaban J connectivity index is 0.000000590. The number of hydrogen-bond donors (Lipinski definition) is 1. The fourth-order valence-electron chi connectivity index (χ4n) is 3.57. The number of carbonyl (C=O) groups is 1. The first-order chi connectivity index (χ1) is 14.9. The largest absolute Gasteiger partial charge is 0.462 e. The van der Waals surface area contributed by atoms with Gasteiger partial charge in [-0.3, -0.25) is 0 Å². The first-order valence-electron chi connectivity index (χ1n) is 12.1. The molecule has 0 heterocycles. The van der Waals surface area contributed by atoms with Gasteiger partial charge in [0.15, 0.2) is 11.1 Å². The lowest BCUT2D eigenvalue weighted by Gasteiger charge is -2.39. The van der Waals surface area contributed by atoms with Crippen LogP contribution in [0.1, 0.15) is 96.3 Å². The maximum atomic E-state index is 11.2. The number of ether oxygens (including phenoxy) is 1. The van der Waals surface area contributed by atoms with Crippen molar-refractivity contribution in [1.82, 2.24) is 0 Å². The number of quaternary nitrogens is 1. The maximum absolute atomic E-state index is 11.2. The normalized spacial score (nSPS) is 12.1. The molecule has 1 aromatic carbocycles. The van der Waals surface area contributed by atoms with Gasteiger partial charge in [-0.1, -0.05) is 53.4 Å². The van der Waals surface area contributed by atoms with Gasteiger partial charge in [0.25, 0.3) is 0 Å². The topological polar surface area (TPSA) is 63.6 Å². The number of esters is 1. The summed E-state index contributed by atoms with van der Waals surface area (Å²) in [5, 5.41) is 0. The maximum Gasteiger partial charge on any atom is 0.338 e. The van der Waals surface area contributed by atoms with E-state index in [9.17, 15) is 9.00 Å². The predicted octanol–water partition coefficient (Wildman–Crippen LogP) is 6.45. The number of benzene rings is 1. The van der Waals surface area contributed by atoms with E-state index in [1.54, 1.807) is 6.92 Å². The van der Waals surface area contributed by atoms with Gasteiger partial charge >= 0.3 is 5.97 Å². The SMILES string of the molecule is CCCC[N+](CCCC)(CCCC)CCCC.CCOC(=O)c1ccc(S(=O)O)cc1. The second-order valence-electron chi connectivity index (χ2n) is 8.14. The van der Waals surface area contributed by atoms with Gasteiger partial charge in [0, 0.05) is 0 Å². The Hall–Kier alpha value is -1.24. The molecule has 1 rings (SSSR count). The Bertz CT molecular complexity index is 567. The van der Waals surface area contributed by atoms with Gasteiger partial charge < -0.3 is 13.8 Å². The van der Waals surface area contributed by atoms with E-state index in [0.29, 0.717) is 12.2 Å². The second kappa shape index (κ2) is 18.3. The van der Waals surface area contributed by atoms with Crippen LogP contribution in [0.2, 0.25) is 0 Å². The van der Waals surface area contributed by atoms with E-state index in [2.05, 4.69) is 27.7 Å². The van der Waals surface area contributed by atoms with Crippen molar-refractivity contribution in [1.29, 1.82) is 0 Å². The van der Waals surface area contributed by atoms with E-state index < -0.39 is 17.0 Å². The zero-order chi connectivity index (χ0) is 23.5. The molecule has 180 valence electrons. The Morgan fingerprint density at radius 1 is 0.806 bits per heavy atom. The van der Waals surface area contributed by atoms with Crippen LogP contribution in [0.15, 0.2) is 29.2 Å². The molecule has 1 unspecified atom stereocenters. The van der Waals surface area contributed by atoms with Gasteiger partial charge in [-0.05, 0) is 56.9 Å². The molecular weight excluding hydrogens is 410 g/mol. The number of nitrogens with zero attached hydrogens (tertiary/aromatic N) is 1. The van der Waals surface area contributed by atoms with Gasteiger partial charge in [0.1, 0.15) is 0 Å². The lowest BCUT2D eigenvalue weighted by Crippen LogP contribution is -2.50. The van der Waals surface area contributed by atoms with Gasteiger partial charge in [0.05, 0.1) is 43.2 Å². The molecule has 0 saturated heterocycles. The Labute approximate surface area is 193 Å². The van der Waals surface area contributed by atoms with Crippen molar-refractivity contribution in [3.8, 4) is 0 Å². The molecule has 0 saturated carbocycles. The van der Waals surface area contributed by atoms with E-state index in [-0.39, 0.29) is 4.90 Å². The zero-order valence-corrected chi connectivity index (χ0v) is 21.3. The Morgan fingerprint density at radius 3 is 1.48 bits per heavy atom. The molecule has 0 aliphatic heterocycles. The summed E-state index contributed by atoms with van der Waals surface area (Å²) in [6.07, 6.45) is 11.1. The first kappa shape index (κ1) is 29.8. The van der Waals surface area contributed by atoms with Crippen LogP contribution in [-0.4, -0.2) is 52.0 Å². The van der Waals surface area contributed by atoms with E-state index in [0.717, 1.165) is 0 Å². The predicted molar refractivity (Wildman–Crippen MR) is 131 cm³/mol. The van der Waals surface area contributed by atoms with Crippen LogP contribution in [0.3, 0.4) is 0 Å². The van der Waals surface area contributed by atoms with Crippen molar-refractivity contribution >= 4 is 17.0 Å². The fraction of sp³-hybridized carbons (Fsp3) is 0.720. The molecule has 1 aromatic rings. The van der Waals surface area contributed by atoms with Crippen molar-refractivity contribution in [2.24, 2.45) is 0 Å². The average Bonchev–Trinajstić information content (AvgIpc) is 2.78. The van der Waals surface area contributed by atoms with E-state index >= 15 is 0 Å². The molecule has 0 fully saturated rings. The minimum Gasteiger partial charge on any atom is -0.462 e. The van der Waals surface area contributed by atoms with Crippen LogP contribution in [0.25, 0.3) is 0 Å². The summed E-state index contributed by atoms with van der Waals surface area (Å²) >= 11 is -2.01. The highest BCUT2D eigenvalue weighted by Gasteiger charge is 2.24. The van der Waals surface area contributed by atoms with E-state index in [1.807, 2.05) is 0 Å². The average molecular weight is 457 g/mol. The molecule has 0 aromatic heterocycles. The zero-order valence-electron chi connectivity index (χ0n) is 20.5. The summed E-state index contributed by atoms with van der Waals surface area (Å²) in [4.78, 5) is 11.4. The lowest BCUT2D eigenvalue weighted by atomic mass is 10.1. The van der Waals surface area contributed by atoms with Crippen LogP contribution < -0.4 is 0 Å². The van der Waals surface area contributed by atoms with Crippen LogP contribution in [-0.2, 0) is 15.8 Å². The molecule has 5 nitrogen and oxygen atoms in total. The molecule has 1 N–H and O–H groups in total. The number of unbranched alkanes of at least 4 members (excludes halogenated alkanes) is 4. The third kappa shape index (κ3) is 13.0. The fourth-order valence-corrected chi connectivity index (χ4v) is 3.94.